The van der Waals surface area contributed by atoms with Gasteiger partial charge in [-0.25, -0.2) is 0 Å². The minimum Gasteiger partial charge on any atom is -0.494 e. The van der Waals surface area contributed by atoms with Gasteiger partial charge in [-0.15, -0.1) is 0 Å². The molecule has 4 nitrogen and oxygen atoms in total. The normalized spacial score (nSPS) is 11.8. The molecule has 0 saturated carbocycles. The zero-order chi connectivity index (χ0) is 20.9. The summed E-state index contributed by atoms with van der Waals surface area (Å²) >= 11 is 0. The van der Waals surface area contributed by atoms with Crippen LogP contribution >= 0.6 is 0 Å². The smallest absolute Gasteiger partial charge is 0.303 e. The Balaban J connectivity index is 1.69. The van der Waals surface area contributed by atoms with Crippen molar-refractivity contribution < 1.29 is 19.4 Å². The van der Waals surface area contributed by atoms with E-state index in [1.54, 1.807) is 6.92 Å². The van der Waals surface area contributed by atoms with Crippen LogP contribution < -0.4 is 4.74 Å². The summed E-state index contributed by atoms with van der Waals surface area (Å²) in [4.78, 5) is 22.5. The topological polar surface area (TPSA) is 63.6 Å². The number of ether oxygens (including phenoxy) is 1. The molecule has 1 atom stereocenters. The first-order valence-electron chi connectivity index (χ1n) is 10.5. The third kappa shape index (κ3) is 9.42. The molecule has 0 aliphatic heterocycles. The molecular formula is C25H32O4. The van der Waals surface area contributed by atoms with Crippen LogP contribution in [0.4, 0.5) is 0 Å². The number of benzene rings is 2. The summed E-state index contributed by atoms with van der Waals surface area (Å²) in [5.41, 5.74) is 2.55. The molecule has 2 aromatic carbocycles. The molecule has 0 aromatic heterocycles. The number of carboxylic acids is 1. The average Bonchev–Trinajstić information content (AvgIpc) is 2.72. The van der Waals surface area contributed by atoms with Crippen molar-refractivity contribution in [3.63, 3.8) is 0 Å². The van der Waals surface area contributed by atoms with Gasteiger partial charge in [0.2, 0.25) is 0 Å². The molecular weight excluding hydrogens is 364 g/mol. The number of carboxylic acid groups (broad SMARTS) is 1. The first kappa shape index (κ1) is 22.7. The number of carbonyl (C=O) groups excluding carboxylic acids is 1. The molecule has 0 bridgehead atoms. The molecule has 0 saturated heterocycles. The van der Waals surface area contributed by atoms with Gasteiger partial charge >= 0.3 is 5.97 Å². The van der Waals surface area contributed by atoms with Crippen LogP contribution in [0.1, 0.15) is 56.6 Å². The number of aryl methyl sites for hydroxylation is 2. The molecule has 0 spiro atoms. The molecule has 2 rings (SSSR count). The number of rotatable bonds is 14. The highest BCUT2D eigenvalue weighted by Gasteiger charge is 2.14. The summed E-state index contributed by atoms with van der Waals surface area (Å²) in [6.45, 7) is 2.11. The van der Waals surface area contributed by atoms with Crippen LogP contribution in [-0.4, -0.2) is 23.5 Å². The first-order valence-corrected chi connectivity index (χ1v) is 10.5. The Kier molecular flexibility index (Phi) is 9.98. The summed E-state index contributed by atoms with van der Waals surface area (Å²) in [7, 11) is 0. The lowest BCUT2D eigenvalue weighted by Crippen LogP contribution is -2.12. The molecule has 0 aliphatic carbocycles. The Labute approximate surface area is 173 Å². The second-order valence-electron chi connectivity index (χ2n) is 7.57. The van der Waals surface area contributed by atoms with Gasteiger partial charge in [0.15, 0.2) is 0 Å². The fourth-order valence-electron chi connectivity index (χ4n) is 3.42. The third-order valence-corrected chi connectivity index (χ3v) is 5.19. The molecule has 0 amide bonds. The largest absolute Gasteiger partial charge is 0.494 e. The summed E-state index contributed by atoms with van der Waals surface area (Å²) in [5.74, 6) is 0.355. The van der Waals surface area contributed by atoms with Crippen LogP contribution in [0, 0.1) is 5.92 Å². The monoisotopic (exact) mass is 396 g/mol. The van der Waals surface area contributed by atoms with Gasteiger partial charge in [0.25, 0.3) is 0 Å². The average molecular weight is 397 g/mol. The number of carbonyl (C=O) groups is 2. The summed E-state index contributed by atoms with van der Waals surface area (Å²) in [6, 6.07) is 18.4. The second kappa shape index (κ2) is 12.8. The van der Waals surface area contributed by atoms with Crippen molar-refractivity contribution in [2.45, 2.75) is 58.3 Å². The predicted octanol–water partition coefficient (Wildman–Crippen LogP) is 5.48. The lowest BCUT2D eigenvalue weighted by molar-refractivity contribution is -0.137. The van der Waals surface area contributed by atoms with Gasteiger partial charge in [-0.05, 0) is 68.7 Å². The molecule has 0 aliphatic rings. The van der Waals surface area contributed by atoms with E-state index in [9.17, 15) is 9.59 Å². The van der Waals surface area contributed by atoms with Crippen molar-refractivity contribution in [2.24, 2.45) is 5.92 Å². The lowest BCUT2D eigenvalue weighted by atomic mass is 9.90. The Morgan fingerprint density at radius 3 is 2.21 bits per heavy atom. The van der Waals surface area contributed by atoms with Crippen LogP contribution in [0.15, 0.2) is 54.6 Å². The van der Waals surface area contributed by atoms with Gasteiger partial charge in [-0.1, -0.05) is 48.9 Å². The SMILES string of the molecule is CC(=O)C(CCCCc1ccccc1)CCc1ccc(OCCCC(=O)O)cc1. The number of ketones is 1. The van der Waals surface area contributed by atoms with Crippen molar-refractivity contribution in [2.75, 3.05) is 6.61 Å². The number of aliphatic carboxylic acids is 1. The van der Waals surface area contributed by atoms with Crippen LogP contribution in [0.2, 0.25) is 0 Å². The van der Waals surface area contributed by atoms with Gasteiger partial charge in [-0.2, -0.15) is 0 Å². The number of hydrogen-bond donors (Lipinski definition) is 1. The van der Waals surface area contributed by atoms with Crippen molar-refractivity contribution in [3.05, 3.63) is 65.7 Å². The van der Waals surface area contributed by atoms with E-state index < -0.39 is 5.97 Å². The van der Waals surface area contributed by atoms with E-state index in [1.165, 1.54) is 11.1 Å². The molecule has 1 N–H and O–H groups in total. The fourth-order valence-corrected chi connectivity index (χ4v) is 3.42. The Bertz CT molecular complexity index is 737. The first-order chi connectivity index (χ1) is 14.0. The number of Topliss-reactive ketones (excluding diaryl/α,β-unsaturated/α-hetero) is 1. The van der Waals surface area contributed by atoms with Crippen molar-refractivity contribution in [1.82, 2.24) is 0 Å². The summed E-state index contributed by atoms with van der Waals surface area (Å²) in [6.07, 6.45) is 6.58. The van der Waals surface area contributed by atoms with E-state index in [-0.39, 0.29) is 18.1 Å². The Morgan fingerprint density at radius 2 is 1.55 bits per heavy atom. The Hall–Kier alpha value is -2.62. The standard InChI is InChI=1S/C25H32O4/c1-20(26)23(11-6-5-10-21-8-3-2-4-9-21)16-13-22-14-17-24(18-15-22)29-19-7-12-25(27)28/h2-4,8-9,14-15,17-18,23H,5-7,10-13,16,19H2,1H3,(H,27,28). The van der Waals surface area contributed by atoms with E-state index in [0.717, 1.165) is 44.3 Å². The second-order valence-corrected chi connectivity index (χ2v) is 7.57. The highest BCUT2D eigenvalue weighted by atomic mass is 16.5. The third-order valence-electron chi connectivity index (χ3n) is 5.19. The van der Waals surface area contributed by atoms with Crippen LogP contribution in [0.25, 0.3) is 0 Å². The van der Waals surface area contributed by atoms with Crippen LogP contribution in [0.5, 0.6) is 5.75 Å². The molecule has 1 unspecified atom stereocenters. The van der Waals surface area contributed by atoms with Gasteiger partial charge in [0.1, 0.15) is 11.5 Å². The molecule has 2 aromatic rings. The molecule has 156 valence electrons. The van der Waals surface area contributed by atoms with Gasteiger partial charge < -0.3 is 9.84 Å². The highest BCUT2D eigenvalue weighted by Crippen LogP contribution is 2.20. The van der Waals surface area contributed by atoms with E-state index >= 15 is 0 Å². The molecule has 0 heterocycles. The van der Waals surface area contributed by atoms with Crippen molar-refractivity contribution in [1.29, 1.82) is 0 Å². The van der Waals surface area contributed by atoms with Gasteiger partial charge in [-0.3, -0.25) is 9.59 Å². The molecule has 4 heteroatoms. The minimum atomic E-state index is -0.802. The quantitative estimate of drug-likeness (QED) is 0.429. The van der Waals surface area contributed by atoms with Gasteiger partial charge in [0, 0.05) is 12.3 Å². The zero-order valence-electron chi connectivity index (χ0n) is 17.3. The van der Waals surface area contributed by atoms with E-state index in [0.29, 0.717) is 13.0 Å². The zero-order valence-corrected chi connectivity index (χ0v) is 17.3. The summed E-state index contributed by atoms with van der Waals surface area (Å²) < 4.78 is 5.56. The van der Waals surface area contributed by atoms with E-state index in [2.05, 4.69) is 24.3 Å². The van der Waals surface area contributed by atoms with E-state index in [1.807, 2.05) is 30.3 Å². The molecule has 29 heavy (non-hydrogen) atoms. The number of hydrogen-bond acceptors (Lipinski definition) is 3. The van der Waals surface area contributed by atoms with E-state index in [4.69, 9.17) is 9.84 Å². The minimum absolute atomic E-state index is 0.121. The van der Waals surface area contributed by atoms with Gasteiger partial charge in [0.05, 0.1) is 6.61 Å². The highest BCUT2D eigenvalue weighted by molar-refractivity contribution is 5.78. The lowest BCUT2D eigenvalue weighted by Gasteiger charge is -2.14. The fraction of sp³-hybridized carbons (Fsp3) is 0.440. The summed E-state index contributed by atoms with van der Waals surface area (Å²) in [5, 5.41) is 8.63. The van der Waals surface area contributed by atoms with Crippen molar-refractivity contribution >= 4 is 11.8 Å². The van der Waals surface area contributed by atoms with Crippen LogP contribution in [-0.2, 0) is 22.4 Å². The maximum absolute atomic E-state index is 12.0. The van der Waals surface area contributed by atoms with Crippen molar-refractivity contribution in [3.8, 4) is 5.75 Å². The maximum Gasteiger partial charge on any atom is 0.303 e. The Morgan fingerprint density at radius 1 is 0.862 bits per heavy atom. The number of unbranched alkanes of at least 4 members (excludes halogenated alkanes) is 1. The maximum atomic E-state index is 12.0. The molecule has 0 fully saturated rings. The predicted molar refractivity (Wildman–Crippen MR) is 115 cm³/mol. The van der Waals surface area contributed by atoms with Crippen LogP contribution in [0.3, 0.4) is 0 Å². The molecule has 0 radical (unpaired) electrons.